The van der Waals surface area contributed by atoms with E-state index in [0.717, 1.165) is 0 Å². The number of hydrogen-bond acceptors (Lipinski definition) is 10. The monoisotopic (exact) mass is 428 g/mol. The lowest BCUT2D eigenvalue weighted by molar-refractivity contribution is -0.266. The molecule has 0 saturated carbocycles. The third-order valence-corrected chi connectivity index (χ3v) is 4.39. The van der Waals surface area contributed by atoms with Crippen molar-refractivity contribution in [2.24, 2.45) is 0 Å². The molecule has 2 rings (SSSR count). The van der Waals surface area contributed by atoms with Crippen molar-refractivity contribution in [1.82, 2.24) is 0 Å². The quantitative estimate of drug-likeness (QED) is 0.384. The maximum Gasteiger partial charge on any atom is 0.397 e. The fourth-order valence-electron chi connectivity index (χ4n) is 2.41. The van der Waals surface area contributed by atoms with Gasteiger partial charge >= 0.3 is 26.8 Å². The largest absolute Gasteiger partial charge is 0.453 e. The van der Waals surface area contributed by atoms with E-state index in [1.165, 1.54) is 31.2 Å². The molecule has 0 radical (unpaired) electrons. The van der Waals surface area contributed by atoms with Gasteiger partial charge in [-0.2, -0.15) is 16.8 Å². The lowest BCUT2D eigenvalue weighted by Crippen LogP contribution is -2.60. The van der Waals surface area contributed by atoms with Gasteiger partial charge in [-0.3, -0.25) is 9.11 Å². The van der Waals surface area contributed by atoms with Crippen molar-refractivity contribution in [2.75, 3.05) is 0 Å². The van der Waals surface area contributed by atoms with Crippen LogP contribution in [0.1, 0.15) is 17.3 Å². The molecule has 12 nitrogen and oxygen atoms in total. The Kier molecular flexibility index (Phi) is 6.54. The molecule has 0 amide bonds. The highest BCUT2D eigenvalue weighted by Crippen LogP contribution is 2.29. The van der Waals surface area contributed by atoms with Crippen LogP contribution < -0.4 is 0 Å². The predicted molar refractivity (Wildman–Crippen MR) is 85.0 cm³/mol. The van der Waals surface area contributed by atoms with Gasteiger partial charge in [0.15, 0.2) is 24.6 Å². The van der Waals surface area contributed by atoms with Crippen molar-refractivity contribution in [2.45, 2.75) is 37.6 Å². The van der Waals surface area contributed by atoms with Crippen molar-refractivity contribution >= 4 is 26.8 Å². The van der Waals surface area contributed by atoms with Crippen LogP contribution in [0.4, 0.5) is 0 Å². The normalized spacial score (nSPS) is 29.3. The van der Waals surface area contributed by atoms with Crippen LogP contribution in [-0.4, -0.2) is 67.7 Å². The first kappa shape index (κ1) is 21.6. The maximum absolute atomic E-state index is 12.2. The average molecular weight is 428 g/mol. The first-order chi connectivity index (χ1) is 12.4. The van der Waals surface area contributed by atoms with E-state index in [1.807, 2.05) is 0 Å². The van der Waals surface area contributed by atoms with Crippen LogP contribution in [0.3, 0.4) is 0 Å². The third-order valence-electron chi connectivity index (χ3n) is 3.46. The SMILES string of the molecule is C[C@@H]1O[C@@H](O)[C@H](OS(=O)(=O)O)[C@@H](OS(=O)(=O)O)[C@@H]1OC(=O)c1ccccc1. The number of benzene rings is 1. The third kappa shape index (κ3) is 6.18. The maximum atomic E-state index is 12.2. The van der Waals surface area contributed by atoms with Gasteiger partial charge in [-0.25, -0.2) is 13.2 Å². The second kappa shape index (κ2) is 8.15. The van der Waals surface area contributed by atoms with Gasteiger partial charge in [-0.15, -0.1) is 0 Å². The Bertz CT molecular complexity index is 866. The number of carbonyl (C=O) groups is 1. The molecule has 0 spiro atoms. The smallest absolute Gasteiger partial charge is 0.397 e. The number of aliphatic hydroxyl groups is 1. The minimum absolute atomic E-state index is 0.0636. The first-order valence-corrected chi connectivity index (χ1v) is 10.0. The Hall–Kier alpha value is -1.65. The minimum atomic E-state index is -5.21. The van der Waals surface area contributed by atoms with Gasteiger partial charge in [-0.05, 0) is 19.1 Å². The van der Waals surface area contributed by atoms with E-state index in [1.54, 1.807) is 6.07 Å². The number of aliphatic hydroxyl groups excluding tert-OH is 1. The summed E-state index contributed by atoms with van der Waals surface area (Å²) in [6.07, 6.45) is -9.18. The molecular weight excluding hydrogens is 412 g/mol. The van der Waals surface area contributed by atoms with Crippen LogP contribution in [0.15, 0.2) is 30.3 Å². The summed E-state index contributed by atoms with van der Waals surface area (Å²) < 4.78 is 80.6. The van der Waals surface area contributed by atoms with Crippen molar-refractivity contribution in [3.8, 4) is 0 Å². The fraction of sp³-hybridized carbons (Fsp3) is 0.462. The standard InChI is InChI=1S/C13H16O12S2/c1-7-9(23-12(14)8-5-3-2-4-6-8)10(24-26(16,17)18)11(13(15)22-7)25-27(19,20)21/h2-7,9-11,13,15H,1H3,(H,16,17,18)(H,19,20,21)/t7-,9+,10-,11+,13+/m0/s1. The Morgan fingerprint density at radius 2 is 1.48 bits per heavy atom. The van der Waals surface area contributed by atoms with E-state index in [9.17, 15) is 26.7 Å². The summed E-state index contributed by atoms with van der Waals surface area (Å²) in [5, 5.41) is 9.82. The molecule has 3 N–H and O–H groups in total. The summed E-state index contributed by atoms with van der Waals surface area (Å²) in [6, 6.07) is 7.45. The molecular formula is C13H16O12S2. The van der Waals surface area contributed by atoms with E-state index in [-0.39, 0.29) is 5.56 Å². The zero-order valence-electron chi connectivity index (χ0n) is 13.6. The summed E-state index contributed by atoms with van der Waals surface area (Å²) in [5.41, 5.74) is 0.0636. The number of hydrogen-bond donors (Lipinski definition) is 3. The molecule has 1 aromatic rings. The van der Waals surface area contributed by atoms with Crippen LogP contribution in [0, 0.1) is 0 Å². The lowest BCUT2D eigenvalue weighted by atomic mass is 9.99. The van der Waals surface area contributed by atoms with Crippen LogP contribution in [0.2, 0.25) is 0 Å². The zero-order valence-corrected chi connectivity index (χ0v) is 15.2. The van der Waals surface area contributed by atoms with Gasteiger partial charge < -0.3 is 14.6 Å². The van der Waals surface area contributed by atoms with Gasteiger partial charge in [0.2, 0.25) is 0 Å². The number of carbonyl (C=O) groups excluding carboxylic acids is 1. The highest BCUT2D eigenvalue weighted by atomic mass is 32.3. The Morgan fingerprint density at radius 3 is 2.00 bits per heavy atom. The molecule has 27 heavy (non-hydrogen) atoms. The molecule has 1 heterocycles. The van der Waals surface area contributed by atoms with Gasteiger partial charge in [0, 0.05) is 0 Å². The molecule has 152 valence electrons. The van der Waals surface area contributed by atoms with Gasteiger partial charge in [0.1, 0.15) is 0 Å². The number of rotatable bonds is 6. The lowest BCUT2D eigenvalue weighted by Gasteiger charge is -2.41. The van der Waals surface area contributed by atoms with E-state index >= 15 is 0 Å². The highest BCUT2D eigenvalue weighted by molar-refractivity contribution is 7.81. The van der Waals surface area contributed by atoms with E-state index in [4.69, 9.17) is 18.6 Å². The molecule has 1 saturated heterocycles. The Balaban J connectivity index is 2.36. The van der Waals surface area contributed by atoms with E-state index in [0.29, 0.717) is 0 Å². The van der Waals surface area contributed by atoms with E-state index < -0.39 is 57.5 Å². The van der Waals surface area contributed by atoms with Crippen LogP contribution in [-0.2, 0) is 38.6 Å². The summed E-state index contributed by atoms with van der Waals surface area (Å²) in [7, 11) is -10.4. The van der Waals surface area contributed by atoms with Gasteiger partial charge in [0.25, 0.3) is 0 Å². The Morgan fingerprint density at radius 1 is 0.963 bits per heavy atom. The molecule has 0 bridgehead atoms. The van der Waals surface area contributed by atoms with Gasteiger partial charge in [0.05, 0.1) is 11.7 Å². The number of ether oxygens (including phenoxy) is 2. The minimum Gasteiger partial charge on any atom is -0.453 e. The molecule has 0 aromatic heterocycles. The predicted octanol–water partition coefficient (Wildman–Crippen LogP) is -0.675. The molecule has 1 aliphatic rings. The van der Waals surface area contributed by atoms with Crippen LogP contribution in [0.25, 0.3) is 0 Å². The fourth-order valence-corrected chi connectivity index (χ4v) is 3.40. The second-order valence-electron chi connectivity index (χ2n) is 5.44. The topological polar surface area (TPSA) is 183 Å². The molecule has 1 aromatic carbocycles. The molecule has 1 aliphatic heterocycles. The van der Waals surface area contributed by atoms with Crippen molar-refractivity contribution in [3.05, 3.63) is 35.9 Å². The zero-order chi connectivity index (χ0) is 20.4. The molecule has 14 heteroatoms. The van der Waals surface area contributed by atoms with Crippen molar-refractivity contribution < 1.29 is 53.7 Å². The van der Waals surface area contributed by atoms with Crippen LogP contribution in [0.5, 0.6) is 0 Å². The summed E-state index contributed by atoms with van der Waals surface area (Å²) in [5.74, 6) is -0.956. The molecule has 0 unspecified atom stereocenters. The molecule has 0 aliphatic carbocycles. The molecule has 1 fully saturated rings. The van der Waals surface area contributed by atoms with Crippen LogP contribution >= 0.6 is 0 Å². The number of esters is 1. The summed E-state index contributed by atoms with van der Waals surface area (Å²) in [6.45, 7) is 1.26. The summed E-state index contributed by atoms with van der Waals surface area (Å²) in [4.78, 5) is 12.2. The van der Waals surface area contributed by atoms with E-state index in [2.05, 4.69) is 8.37 Å². The van der Waals surface area contributed by atoms with Crippen molar-refractivity contribution in [3.63, 3.8) is 0 Å². The second-order valence-corrected chi connectivity index (χ2v) is 7.54. The van der Waals surface area contributed by atoms with Crippen molar-refractivity contribution in [1.29, 1.82) is 0 Å². The average Bonchev–Trinajstić information content (AvgIpc) is 2.53. The highest BCUT2D eigenvalue weighted by Gasteiger charge is 2.51. The summed E-state index contributed by atoms with van der Waals surface area (Å²) >= 11 is 0. The van der Waals surface area contributed by atoms with Gasteiger partial charge in [-0.1, -0.05) is 18.2 Å². The Labute approximate surface area is 154 Å². The first-order valence-electron chi connectivity index (χ1n) is 7.28. The molecule has 5 atom stereocenters.